The van der Waals surface area contributed by atoms with E-state index in [-0.39, 0.29) is 17.9 Å². The van der Waals surface area contributed by atoms with Crippen LogP contribution in [-0.2, 0) is 13.6 Å². The lowest BCUT2D eigenvalue weighted by atomic mass is 10.1. The van der Waals surface area contributed by atoms with E-state index in [1.807, 2.05) is 53.3 Å². The van der Waals surface area contributed by atoms with Gasteiger partial charge < -0.3 is 5.32 Å². The molecule has 0 bridgehead atoms. The molecule has 0 aliphatic rings. The van der Waals surface area contributed by atoms with E-state index in [1.165, 1.54) is 0 Å². The van der Waals surface area contributed by atoms with E-state index in [2.05, 4.69) is 29.4 Å². The van der Waals surface area contributed by atoms with E-state index in [4.69, 9.17) is 0 Å². The summed E-state index contributed by atoms with van der Waals surface area (Å²) >= 11 is 0. The Labute approximate surface area is 147 Å². The van der Waals surface area contributed by atoms with Crippen LogP contribution in [0.4, 0.5) is 0 Å². The summed E-state index contributed by atoms with van der Waals surface area (Å²) in [6.07, 6.45) is 3.63. The number of carbonyl (C=O) groups excluding carboxylic acids is 1. The fraction of sp³-hybridized carbons (Fsp3) is 0.316. The Bertz CT molecular complexity index is 821. The van der Waals surface area contributed by atoms with E-state index in [0.717, 1.165) is 11.3 Å². The van der Waals surface area contributed by atoms with Gasteiger partial charge in [0.05, 0.1) is 18.3 Å². The Hall–Kier alpha value is -2.89. The van der Waals surface area contributed by atoms with Crippen LogP contribution in [0.2, 0.25) is 0 Å². The molecule has 0 saturated carbocycles. The quantitative estimate of drug-likeness (QED) is 0.752. The number of hydrogen-bond acceptors (Lipinski definition) is 3. The smallest absolute Gasteiger partial charge is 0.270 e. The monoisotopic (exact) mass is 337 g/mol. The molecule has 0 unspecified atom stereocenters. The molecule has 1 aromatic carbocycles. The summed E-state index contributed by atoms with van der Waals surface area (Å²) in [7, 11) is 1.80. The zero-order chi connectivity index (χ0) is 17.8. The normalized spacial score (nSPS) is 12.3. The lowest BCUT2D eigenvalue weighted by Gasteiger charge is -2.19. The van der Waals surface area contributed by atoms with Crippen LogP contribution >= 0.6 is 0 Å². The molecule has 0 aliphatic heterocycles. The van der Waals surface area contributed by atoms with Crippen LogP contribution in [-0.4, -0.2) is 25.5 Å². The molecule has 6 nitrogen and oxygen atoms in total. The minimum atomic E-state index is -0.175. The largest absolute Gasteiger partial charge is 0.342 e. The fourth-order valence-corrected chi connectivity index (χ4v) is 2.73. The van der Waals surface area contributed by atoms with E-state index in [9.17, 15) is 4.79 Å². The first-order valence-electron chi connectivity index (χ1n) is 8.41. The number of carbonyl (C=O) groups is 1. The maximum atomic E-state index is 12.8. The Morgan fingerprint density at radius 1 is 1.20 bits per heavy atom. The van der Waals surface area contributed by atoms with E-state index < -0.39 is 0 Å². The SMILES string of the molecule is CC(C)c1cc(C(=O)N[C@@H](Cn2cccn2)c2ccccc2)n(C)n1. The molecule has 3 aromatic rings. The van der Waals surface area contributed by atoms with E-state index >= 15 is 0 Å². The second-order valence-corrected chi connectivity index (χ2v) is 6.40. The zero-order valence-corrected chi connectivity index (χ0v) is 14.8. The summed E-state index contributed by atoms with van der Waals surface area (Å²) in [4.78, 5) is 12.8. The first-order chi connectivity index (χ1) is 12.0. The summed E-state index contributed by atoms with van der Waals surface area (Å²) in [6, 6.07) is 13.5. The van der Waals surface area contributed by atoms with Crippen molar-refractivity contribution in [2.24, 2.45) is 7.05 Å². The van der Waals surface area contributed by atoms with Gasteiger partial charge in [0.15, 0.2) is 0 Å². The molecular weight excluding hydrogens is 314 g/mol. The standard InChI is InChI=1S/C19H23N5O/c1-14(2)16-12-18(23(3)22-16)19(25)21-17(13-24-11-7-10-20-24)15-8-5-4-6-9-15/h4-12,14,17H,13H2,1-3H3,(H,21,25)/t17-/m0/s1. The van der Waals surface area contributed by atoms with Gasteiger partial charge >= 0.3 is 0 Å². The maximum Gasteiger partial charge on any atom is 0.270 e. The van der Waals surface area contributed by atoms with Crippen LogP contribution in [0.15, 0.2) is 54.9 Å². The number of aryl methyl sites for hydroxylation is 1. The molecule has 6 heteroatoms. The van der Waals surface area contributed by atoms with Crippen molar-refractivity contribution in [1.29, 1.82) is 0 Å². The van der Waals surface area contributed by atoms with Crippen molar-refractivity contribution in [2.75, 3.05) is 0 Å². The van der Waals surface area contributed by atoms with Crippen molar-refractivity contribution >= 4 is 5.91 Å². The number of rotatable bonds is 6. The van der Waals surface area contributed by atoms with Gasteiger partial charge in [0, 0.05) is 19.4 Å². The molecule has 0 radical (unpaired) electrons. The summed E-state index contributed by atoms with van der Waals surface area (Å²) in [5.74, 6) is 0.143. The third kappa shape index (κ3) is 3.96. The molecule has 0 aliphatic carbocycles. The second-order valence-electron chi connectivity index (χ2n) is 6.40. The number of nitrogens with zero attached hydrogens (tertiary/aromatic N) is 4. The van der Waals surface area contributed by atoms with Crippen molar-refractivity contribution in [3.63, 3.8) is 0 Å². The van der Waals surface area contributed by atoms with Crippen LogP contribution in [0.1, 0.15) is 47.6 Å². The van der Waals surface area contributed by atoms with Gasteiger partial charge in [-0.25, -0.2) is 0 Å². The topological polar surface area (TPSA) is 64.7 Å². The predicted octanol–water partition coefficient (Wildman–Crippen LogP) is 2.91. The summed E-state index contributed by atoms with van der Waals surface area (Å²) in [5.41, 5.74) is 2.51. The summed E-state index contributed by atoms with van der Waals surface area (Å²) < 4.78 is 3.46. The van der Waals surface area contributed by atoms with Gasteiger partial charge in [0.1, 0.15) is 5.69 Å². The van der Waals surface area contributed by atoms with Gasteiger partial charge in [0.25, 0.3) is 5.91 Å². The molecular formula is C19H23N5O. The highest BCUT2D eigenvalue weighted by Gasteiger charge is 2.20. The highest BCUT2D eigenvalue weighted by atomic mass is 16.2. The highest BCUT2D eigenvalue weighted by molar-refractivity contribution is 5.93. The van der Waals surface area contributed by atoms with Crippen LogP contribution < -0.4 is 5.32 Å². The number of aromatic nitrogens is 4. The van der Waals surface area contributed by atoms with Gasteiger partial charge in [0.2, 0.25) is 0 Å². The number of nitrogens with one attached hydrogen (secondary N) is 1. The Balaban J connectivity index is 1.83. The predicted molar refractivity (Wildman–Crippen MR) is 96.2 cm³/mol. The summed E-state index contributed by atoms with van der Waals surface area (Å²) in [6.45, 7) is 4.70. The molecule has 1 amide bonds. The Morgan fingerprint density at radius 2 is 1.96 bits per heavy atom. The minimum Gasteiger partial charge on any atom is -0.342 e. The number of amides is 1. The fourth-order valence-electron chi connectivity index (χ4n) is 2.73. The van der Waals surface area contributed by atoms with Gasteiger partial charge in [-0.2, -0.15) is 10.2 Å². The Morgan fingerprint density at radius 3 is 2.56 bits per heavy atom. The number of hydrogen-bond donors (Lipinski definition) is 1. The van der Waals surface area contributed by atoms with Crippen LogP contribution in [0, 0.1) is 0 Å². The van der Waals surface area contributed by atoms with Crippen LogP contribution in [0.5, 0.6) is 0 Å². The zero-order valence-electron chi connectivity index (χ0n) is 14.8. The third-order valence-electron chi connectivity index (χ3n) is 4.16. The molecule has 0 saturated heterocycles. The first-order valence-corrected chi connectivity index (χ1v) is 8.41. The van der Waals surface area contributed by atoms with Crippen molar-refractivity contribution in [1.82, 2.24) is 24.9 Å². The Kier molecular flexibility index (Phi) is 4.97. The third-order valence-corrected chi connectivity index (χ3v) is 4.16. The van der Waals surface area contributed by atoms with Crippen molar-refractivity contribution in [3.05, 3.63) is 71.8 Å². The first kappa shape index (κ1) is 17.0. The molecule has 1 N–H and O–H groups in total. The average molecular weight is 337 g/mol. The molecule has 2 heterocycles. The van der Waals surface area contributed by atoms with Crippen molar-refractivity contribution < 1.29 is 4.79 Å². The second kappa shape index (κ2) is 7.34. The van der Waals surface area contributed by atoms with Gasteiger partial charge in [-0.1, -0.05) is 44.2 Å². The highest BCUT2D eigenvalue weighted by Crippen LogP contribution is 2.18. The minimum absolute atomic E-state index is 0.136. The van der Waals surface area contributed by atoms with Gasteiger partial charge in [-0.3, -0.25) is 14.2 Å². The summed E-state index contributed by atoms with van der Waals surface area (Å²) in [5, 5.41) is 11.8. The molecule has 0 fully saturated rings. The van der Waals surface area contributed by atoms with E-state index in [0.29, 0.717) is 12.2 Å². The van der Waals surface area contributed by atoms with E-state index in [1.54, 1.807) is 17.9 Å². The maximum absolute atomic E-state index is 12.8. The lowest BCUT2D eigenvalue weighted by molar-refractivity contribution is 0.0922. The molecule has 3 rings (SSSR count). The van der Waals surface area contributed by atoms with Crippen molar-refractivity contribution in [3.8, 4) is 0 Å². The molecule has 25 heavy (non-hydrogen) atoms. The molecule has 1 atom stereocenters. The van der Waals surface area contributed by atoms with Gasteiger partial charge in [-0.05, 0) is 23.6 Å². The molecule has 2 aromatic heterocycles. The lowest BCUT2D eigenvalue weighted by Crippen LogP contribution is -2.32. The van der Waals surface area contributed by atoms with Gasteiger partial charge in [-0.15, -0.1) is 0 Å². The average Bonchev–Trinajstić information content (AvgIpc) is 3.24. The number of benzene rings is 1. The van der Waals surface area contributed by atoms with Crippen LogP contribution in [0.3, 0.4) is 0 Å². The molecule has 0 spiro atoms. The van der Waals surface area contributed by atoms with Crippen LogP contribution in [0.25, 0.3) is 0 Å². The van der Waals surface area contributed by atoms with Crippen molar-refractivity contribution in [2.45, 2.75) is 32.4 Å². The molecule has 130 valence electrons.